The Labute approximate surface area is 80.8 Å². The normalized spacial score (nSPS) is 14.2. The topological polar surface area (TPSA) is 62.6 Å². The largest absolute Gasteiger partial charge is 0.473 e. The molecule has 1 unspecified atom stereocenters. The summed E-state index contributed by atoms with van der Waals surface area (Å²) in [4.78, 5) is 4.50. The standard InChI is InChI=1S/C8H13NO3S/c1-8(2,11)6(10)5-4-9-7(12-3)13-5/h4,6,10-11H,1-3H3. The van der Waals surface area contributed by atoms with Crippen molar-refractivity contribution in [1.29, 1.82) is 0 Å². The number of aliphatic hydroxyl groups excluding tert-OH is 1. The molecule has 2 N–H and O–H groups in total. The zero-order chi connectivity index (χ0) is 10.1. The fraction of sp³-hybridized carbons (Fsp3) is 0.625. The van der Waals surface area contributed by atoms with Crippen LogP contribution in [-0.2, 0) is 0 Å². The van der Waals surface area contributed by atoms with Gasteiger partial charge in [0.1, 0.15) is 6.10 Å². The van der Waals surface area contributed by atoms with Gasteiger partial charge >= 0.3 is 0 Å². The molecular formula is C8H13NO3S. The molecule has 1 aromatic rings. The van der Waals surface area contributed by atoms with E-state index >= 15 is 0 Å². The van der Waals surface area contributed by atoms with Gasteiger partial charge in [0.2, 0.25) is 0 Å². The minimum absolute atomic E-state index is 0.485. The Morgan fingerprint density at radius 2 is 2.23 bits per heavy atom. The fourth-order valence-electron chi connectivity index (χ4n) is 0.839. The summed E-state index contributed by atoms with van der Waals surface area (Å²) >= 11 is 1.22. The zero-order valence-corrected chi connectivity index (χ0v) is 8.63. The lowest BCUT2D eigenvalue weighted by Gasteiger charge is -2.22. The summed E-state index contributed by atoms with van der Waals surface area (Å²) in [5.74, 6) is 0. The van der Waals surface area contributed by atoms with Crippen LogP contribution in [0.2, 0.25) is 0 Å². The van der Waals surface area contributed by atoms with Gasteiger partial charge in [0, 0.05) is 6.20 Å². The molecular weight excluding hydrogens is 190 g/mol. The average molecular weight is 203 g/mol. The Morgan fingerprint density at radius 3 is 2.62 bits per heavy atom. The molecule has 0 radical (unpaired) electrons. The van der Waals surface area contributed by atoms with Gasteiger partial charge in [-0.1, -0.05) is 11.3 Å². The summed E-state index contributed by atoms with van der Waals surface area (Å²) in [7, 11) is 1.51. The number of hydrogen-bond donors (Lipinski definition) is 2. The summed E-state index contributed by atoms with van der Waals surface area (Å²) in [5, 5.41) is 19.6. The summed E-state index contributed by atoms with van der Waals surface area (Å²) in [6, 6.07) is 0. The molecule has 0 amide bonds. The van der Waals surface area contributed by atoms with Crippen LogP contribution in [0.1, 0.15) is 24.8 Å². The first-order valence-corrected chi connectivity index (χ1v) is 4.67. The molecule has 1 atom stereocenters. The number of aliphatic hydroxyl groups is 2. The number of aromatic nitrogens is 1. The number of rotatable bonds is 3. The highest BCUT2D eigenvalue weighted by Crippen LogP contribution is 2.31. The molecule has 0 saturated heterocycles. The van der Waals surface area contributed by atoms with E-state index in [4.69, 9.17) is 4.74 Å². The maximum absolute atomic E-state index is 9.63. The van der Waals surface area contributed by atoms with Gasteiger partial charge in [-0.2, -0.15) is 0 Å². The van der Waals surface area contributed by atoms with Crippen molar-refractivity contribution in [2.45, 2.75) is 25.6 Å². The summed E-state index contributed by atoms with van der Waals surface area (Å²) in [5.41, 5.74) is -1.16. The van der Waals surface area contributed by atoms with E-state index in [1.54, 1.807) is 13.8 Å². The van der Waals surface area contributed by atoms with E-state index in [-0.39, 0.29) is 0 Å². The van der Waals surface area contributed by atoms with Crippen molar-refractivity contribution in [2.24, 2.45) is 0 Å². The maximum Gasteiger partial charge on any atom is 0.273 e. The summed E-state index contributed by atoms with van der Waals surface area (Å²) in [6.45, 7) is 3.09. The van der Waals surface area contributed by atoms with Crippen molar-refractivity contribution in [3.05, 3.63) is 11.1 Å². The smallest absolute Gasteiger partial charge is 0.273 e. The third-order valence-corrected chi connectivity index (χ3v) is 2.63. The van der Waals surface area contributed by atoms with E-state index in [1.807, 2.05) is 0 Å². The molecule has 74 valence electrons. The monoisotopic (exact) mass is 203 g/mol. The van der Waals surface area contributed by atoms with Gasteiger partial charge in [-0.15, -0.1) is 0 Å². The molecule has 0 bridgehead atoms. The van der Waals surface area contributed by atoms with Crippen LogP contribution in [0.4, 0.5) is 0 Å². The van der Waals surface area contributed by atoms with E-state index < -0.39 is 11.7 Å². The first-order chi connectivity index (χ1) is 5.95. The SMILES string of the molecule is COc1ncc(C(O)C(C)(C)O)s1. The second-order valence-corrected chi connectivity index (χ2v) is 4.31. The van der Waals surface area contributed by atoms with Crippen molar-refractivity contribution in [1.82, 2.24) is 4.98 Å². The molecule has 0 fully saturated rings. The molecule has 0 saturated carbocycles. The third kappa shape index (κ3) is 2.40. The number of thiazole rings is 1. The zero-order valence-electron chi connectivity index (χ0n) is 7.81. The van der Waals surface area contributed by atoms with Crippen LogP contribution in [-0.4, -0.2) is 27.9 Å². The molecule has 13 heavy (non-hydrogen) atoms. The Kier molecular flexibility index (Phi) is 2.90. The van der Waals surface area contributed by atoms with Crippen molar-refractivity contribution < 1.29 is 14.9 Å². The molecule has 5 heteroatoms. The highest BCUT2D eigenvalue weighted by atomic mass is 32.1. The minimum atomic E-state index is -1.16. The molecule has 1 aromatic heterocycles. The van der Waals surface area contributed by atoms with E-state index in [0.29, 0.717) is 10.1 Å². The number of methoxy groups -OCH3 is 1. The van der Waals surface area contributed by atoms with E-state index in [9.17, 15) is 10.2 Å². The van der Waals surface area contributed by atoms with Crippen LogP contribution in [0.15, 0.2) is 6.20 Å². The van der Waals surface area contributed by atoms with Gasteiger partial charge in [-0.3, -0.25) is 0 Å². The fourth-order valence-corrected chi connectivity index (χ4v) is 1.73. The second-order valence-electron chi connectivity index (χ2n) is 3.29. The number of ether oxygens (including phenoxy) is 1. The molecule has 0 aliphatic heterocycles. The quantitative estimate of drug-likeness (QED) is 0.768. The Morgan fingerprint density at radius 1 is 1.62 bits per heavy atom. The van der Waals surface area contributed by atoms with Gasteiger partial charge < -0.3 is 14.9 Å². The Hall–Kier alpha value is -0.650. The van der Waals surface area contributed by atoms with Crippen LogP contribution in [0.25, 0.3) is 0 Å². The molecule has 0 aliphatic rings. The lowest BCUT2D eigenvalue weighted by Crippen LogP contribution is -2.27. The highest BCUT2D eigenvalue weighted by molar-refractivity contribution is 7.13. The van der Waals surface area contributed by atoms with Gasteiger partial charge in [-0.25, -0.2) is 4.98 Å². The summed E-state index contributed by atoms with van der Waals surface area (Å²) < 4.78 is 4.87. The molecule has 0 aliphatic carbocycles. The van der Waals surface area contributed by atoms with Gasteiger partial charge in [0.25, 0.3) is 5.19 Å². The van der Waals surface area contributed by atoms with Crippen molar-refractivity contribution >= 4 is 11.3 Å². The van der Waals surface area contributed by atoms with Gasteiger partial charge in [-0.05, 0) is 13.8 Å². The third-order valence-electron chi connectivity index (χ3n) is 1.62. The second kappa shape index (κ2) is 3.61. The molecule has 0 spiro atoms. The summed E-state index contributed by atoms with van der Waals surface area (Å²) in [6.07, 6.45) is 0.584. The first-order valence-electron chi connectivity index (χ1n) is 3.85. The maximum atomic E-state index is 9.63. The van der Waals surface area contributed by atoms with Crippen LogP contribution in [0, 0.1) is 0 Å². The van der Waals surface area contributed by atoms with Gasteiger partial charge in [0.15, 0.2) is 0 Å². The van der Waals surface area contributed by atoms with E-state index in [0.717, 1.165) is 0 Å². The van der Waals surface area contributed by atoms with Crippen molar-refractivity contribution in [3.63, 3.8) is 0 Å². The van der Waals surface area contributed by atoms with Crippen molar-refractivity contribution in [3.8, 4) is 5.19 Å². The molecule has 0 aromatic carbocycles. The van der Waals surface area contributed by atoms with Crippen molar-refractivity contribution in [2.75, 3.05) is 7.11 Å². The molecule has 1 rings (SSSR count). The van der Waals surface area contributed by atoms with Crippen LogP contribution in [0.5, 0.6) is 5.19 Å². The van der Waals surface area contributed by atoms with E-state index in [2.05, 4.69) is 4.98 Å². The predicted molar refractivity (Wildman–Crippen MR) is 49.9 cm³/mol. The van der Waals surface area contributed by atoms with Crippen LogP contribution >= 0.6 is 11.3 Å². The van der Waals surface area contributed by atoms with Crippen LogP contribution in [0.3, 0.4) is 0 Å². The Balaban J connectivity index is 2.83. The van der Waals surface area contributed by atoms with E-state index in [1.165, 1.54) is 24.6 Å². The number of nitrogens with zero attached hydrogens (tertiary/aromatic N) is 1. The minimum Gasteiger partial charge on any atom is -0.473 e. The number of hydrogen-bond acceptors (Lipinski definition) is 5. The lowest BCUT2D eigenvalue weighted by atomic mass is 10.0. The molecule has 4 nitrogen and oxygen atoms in total. The van der Waals surface area contributed by atoms with Crippen LogP contribution < -0.4 is 4.74 Å². The predicted octanol–water partition coefficient (Wildman–Crippen LogP) is 0.956. The lowest BCUT2D eigenvalue weighted by molar-refractivity contribution is -0.0479. The average Bonchev–Trinajstić information content (AvgIpc) is 2.48. The first kappa shape index (κ1) is 10.4. The highest BCUT2D eigenvalue weighted by Gasteiger charge is 2.27. The molecule has 1 heterocycles. The van der Waals surface area contributed by atoms with Gasteiger partial charge in [0.05, 0.1) is 17.6 Å². The Bertz CT molecular complexity index is 279.